The van der Waals surface area contributed by atoms with Crippen molar-refractivity contribution < 1.29 is 4.79 Å². The van der Waals surface area contributed by atoms with Crippen LogP contribution in [0, 0.1) is 24.2 Å². The number of nitrogens with one attached hydrogen (secondary N) is 1. The first-order valence-corrected chi connectivity index (χ1v) is 9.88. The molecule has 0 spiro atoms. The third-order valence-corrected chi connectivity index (χ3v) is 5.43. The number of piperidine rings is 1. The van der Waals surface area contributed by atoms with Crippen molar-refractivity contribution in [2.24, 2.45) is 5.92 Å². The van der Waals surface area contributed by atoms with E-state index < -0.39 is 0 Å². The molecule has 1 N–H and O–H groups in total. The van der Waals surface area contributed by atoms with Crippen molar-refractivity contribution in [3.63, 3.8) is 0 Å². The van der Waals surface area contributed by atoms with Gasteiger partial charge in [0.05, 0.1) is 22.9 Å². The summed E-state index contributed by atoms with van der Waals surface area (Å²) in [6.45, 7) is 5.65. The molecule has 1 amide bonds. The molecule has 6 heteroatoms. The van der Waals surface area contributed by atoms with Crippen molar-refractivity contribution >= 4 is 28.3 Å². The number of amides is 1. The Morgan fingerprint density at radius 1 is 1.24 bits per heavy atom. The first kappa shape index (κ1) is 18.9. The van der Waals surface area contributed by atoms with Gasteiger partial charge < -0.3 is 10.2 Å². The van der Waals surface area contributed by atoms with Gasteiger partial charge in [-0.15, -0.1) is 0 Å². The molecule has 0 aliphatic carbocycles. The number of benzene rings is 1. The Kier molecular flexibility index (Phi) is 5.13. The van der Waals surface area contributed by atoms with Crippen molar-refractivity contribution in [3.05, 3.63) is 59.4 Å². The molecule has 1 saturated heterocycles. The van der Waals surface area contributed by atoms with Crippen LogP contribution in [-0.4, -0.2) is 33.9 Å². The molecule has 3 aromatic rings. The van der Waals surface area contributed by atoms with Crippen molar-refractivity contribution in [2.45, 2.75) is 26.7 Å². The number of likely N-dealkylation sites (tertiary alicyclic amines) is 1. The number of hydrogen-bond acceptors (Lipinski definition) is 5. The summed E-state index contributed by atoms with van der Waals surface area (Å²) < 4.78 is 0. The number of aryl methyl sites for hydroxylation is 1. The average Bonchev–Trinajstić information content (AvgIpc) is 2.74. The van der Waals surface area contributed by atoms with E-state index >= 15 is 0 Å². The summed E-state index contributed by atoms with van der Waals surface area (Å²) >= 11 is 0. The van der Waals surface area contributed by atoms with Gasteiger partial charge in [-0.1, -0.05) is 13.0 Å². The zero-order valence-corrected chi connectivity index (χ0v) is 16.6. The molecule has 3 heterocycles. The van der Waals surface area contributed by atoms with Crippen LogP contribution in [0.1, 0.15) is 41.4 Å². The van der Waals surface area contributed by atoms with Crippen LogP contribution in [0.2, 0.25) is 0 Å². The SMILES string of the molecule is Cc1ccc2c(Nc3cccc(C#N)c3)c(C(=O)N3CCC(C)CC3)cnc2n1. The van der Waals surface area contributed by atoms with Crippen LogP contribution >= 0.6 is 0 Å². The molecule has 1 aliphatic rings. The number of aromatic nitrogens is 2. The lowest BCUT2D eigenvalue weighted by Crippen LogP contribution is -2.38. The fourth-order valence-corrected chi connectivity index (χ4v) is 3.66. The van der Waals surface area contributed by atoms with E-state index in [9.17, 15) is 10.1 Å². The maximum Gasteiger partial charge on any atom is 0.257 e. The van der Waals surface area contributed by atoms with Crippen LogP contribution in [0.3, 0.4) is 0 Å². The number of anilines is 2. The van der Waals surface area contributed by atoms with E-state index in [1.54, 1.807) is 18.3 Å². The van der Waals surface area contributed by atoms with E-state index in [2.05, 4.69) is 28.3 Å². The van der Waals surface area contributed by atoms with E-state index in [-0.39, 0.29) is 5.91 Å². The maximum absolute atomic E-state index is 13.3. The molecule has 0 saturated carbocycles. The lowest BCUT2D eigenvalue weighted by molar-refractivity contribution is 0.0698. The fourth-order valence-electron chi connectivity index (χ4n) is 3.66. The number of rotatable bonds is 3. The van der Waals surface area contributed by atoms with Crippen molar-refractivity contribution in [1.29, 1.82) is 5.26 Å². The number of fused-ring (bicyclic) bond motifs is 1. The van der Waals surface area contributed by atoms with Gasteiger partial charge in [0.15, 0.2) is 5.65 Å². The molecule has 4 rings (SSSR count). The molecule has 0 atom stereocenters. The minimum Gasteiger partial charge on any atom is -0.354 e. The lowest BCUT2D eigenvalue weighted by atomic mass is 9.98. The number of hydrogen-bond donors (Lipinski definition) is 1. The predicted molar refractivity (Wildman–Crippen MR) is 113 cm³/mol. The van der Waals surface area contributed by atoms with Crippen LogP contribution in [0.5, 0.6) is 0 Å². The lowest BCUT2D eigenvalue weighted by Gasteiger charge is -2.31. The molecular formula is C23H23N5O. The Labute approximate surface area is 170 Å². The number of carbonyl (C=O) groups is 1. The van der Waals surface area contributed by atoms with Gasteiger partial charge in [0, 0.05) is 36.1 Å². The van der Waals surface area contributed by atoms with Gasteiger partial charge >= 0.3 is 0 Å². The second kappa shape index (κ2) is 7.88. The monoisotopic (exact) mass is 385 g/mol. The summed E-state index contributed by atoms with van der Waals surface area (Å²) in [6, 6.07) is 13.2. The zero-order valence-electron chi connectivity index (χ0n) is 16.6. The van der Waals surface area contributed by atoms with Gasteiger partial charge in [-0.3, -0.25) is 4.79 Å². The Morgan fingerprint density at radius 2 is 2.03 bits per heavy atom. The summed E-state index contributed by atoms with van der Waals surface area (Å²) in [4.78, 5) is 24.2. The Hall–Kier alpha value is -3.46. The Balaban J connectivity index is 1.79. The topological polar surface area (TPSA) is 81.9 Å². The second-order valence-corrected chi connectivity index (χ2v) is 7.66. The minimum absolute atomic E-state index is 0.0224. The standard InChI is InChI=1S/C23H23N5O/c1-15-8-10-28(11-9-15)23(29)20-14-25-22-19(7-6-16(2)26-22)21(20)27-18-5-3-4-17(12-18)13-24/h3-7,12,14-15H,8-11H2,1-2H3,(H,25,26,27). The highest BCUT2D eigenvalue weighted by molar-refractivity contribution is 6.07. The summed E-state index contributed by atoms with van der Waals surface area (Å²) in [5.41, 5.74) is 3.97. The van der Waals surface area contributed by atoms with Gasteiger partial charge in [0.1, 0.15) is 0 Å². The molecular weight excluding hydrogens is 362 g/mol. The highest BCUT2D eigenvalue weighted by atomic mass is 16.2. The highest BCUT2D eigenvalue weighted by Crippen LogP contribution is 2.31. The van der Waals surface area contributed by atoms with E-state index in [4.69, 9.17) is 0 Å². The van der Waals surface area contributed by atoms with Gasteiger partial charge in [0.2, 0.25) is 0 Å². The van der Waals surface area contributed by atoms with Crippen LogP contribution in [0.25, 0.3) is 11.0 Å². The maximum atomic E-state index is 13.3. The molecule has 0 radical (unpaired) electrons. The molecule has 0 bridgehead atoms. The minimum atomic E-state index is -0.0224. The first-order valence-electron chi connectivity index (χ1n) is 9.88. The van der Waals surface area contributed by atoms with Gasteiger partial charge in [-0.2, -0.15) is 5.26 Å². The summed E-state index contributed by atoms with van der Waals surface area (Å²) in [5.74, 6) is 0.623. The van der Waals surface area contributed by atoms with Gasteiger partial charge in [-0.25, -0.2) is 9.97 Å². The molecule has 1 fully saturated rings. The van der Waals surface area contributed by atoms with Crippen LogP contribution < -0.4 is 5.32 Å². The third-order valence-electron chi connectivity index (χ3n) is 5.43. The summed E-state index contributed by atoms with van der Waals surface area (Å²) in [6.07, 6.45) is 3.65. The zero-order chi connectivity index (χ0) is 20.4. The van der Waals surface area contributed by atoms with Gasteiger partial charge in [0.25, 0.3) is 5.91 Å². The predicted octanol–water partition coefficient (Wildman–Crippen LogP) is 4.43. The smallest absolute Gasteiger partial charge is 0.257 e. The second-order valence-electron chi connectivity index (χ2n) is 7.66. The third kappa shape index (κ3) is 3.90. The largest absolute Gasteiger partial charge is 0.354 e. The van der Waals surface area contributed by atoms with Crippen LogP contribution in [0.15, 0.2) is 42.6 Å². The molecule has 6 nitrogen and oxygen atoms in total. The van der Waals surface area contributed by atoms with Gasteiger partial charge in [-0.05, 0) is 56.0 Å². The summed E-state index contributed by atoms with van der Waals surface area (Å²) in [5, 5.41) is 13.4. The summed E-state index contributed by atoms with van der Waals surface area (Å²) in [7, 11) is 0. The molecule has 0 unspecified atom stereocenters. The molecule has 2 aromatic heterocycles. The van der Waals surface area contributed by atoms with E-state index in [0.717, 1.165) is 42.7 Å². The van der Waals surface area contributed by atoms with Crippen molar-refractivity contribution in [1.82, 2.24) is 14.9 Å². The van der Waals surface area contributed by atoms with E-state index in [1.807, 2.05) is 36.1 Å². The van der Waals surface area contributed by atoms with Crippen LogP contribution in [0.4, 0.5) is 11.4 Å². The first-order chi connectivity index (χ1) is 14.0. The molecule has 1 aliphatic heterocycles. The Bertz CT molecular complexity index is 1110. The molecule has 146 valence electrons. The van der Waals surface area contributed by atoms with Crippen molar-refractivity contribution in [3.8, 4) is 6.07 Å². The fraction of sp³-hybridized carbons (Fsp3) is 0.304. The number of carbonyl (C=O) groups excluding carboxylic acids is 1. The quantitative estimate of drug-likeness (QED) is 0.721. The van der Waals surface area contributed by atoms with E-state index in [1.165, 1.54) is 0 Å². The number of nitrogens with zero attached hydrogens (tertiary/aromatic N) is 4. The number of pyridine rings is 2. The number of nitriles is 1. The van der Waals surface area contributed by atoms with Crippen molar-refractivity contribution in [2.75, 3.05) is 18.4 Å². The van der Waals surface area contributed by atoms with Crippen LogP contribution in [-0.2, 0) is 0 Å². The normalized spacial score (nSPS) is 14.6. The molecule has 1 aromatic carbocycles. The van der Waals surface area contributed by atoms with E-state index in [0.29, 0.717) is 28.4 Å². The average molecular weight is 385 g/mol. The Morgan fingerprint density at radius 3 is 2.79 bits per heavy atom. The highest BCUT2D eigenvalue weighted by Gasteiger charge is 2.25. The molecule has 29 heavy (non-hydrogen) atoms.